The lowest BCUT2D eigenvalue weighted by molar-refractivity contribution is -0.384. The molecule has 0 saturated carbocycles. The number of non-ortho nitro benzene ring substituents is 1. The van der Waals surface area contributed by atoms with E-state index in [-0.39, 0.29) is 18.1 Å². The topological polar surface area (TPSA) is 140 Å². The van der Waals surface area contributed by atoms with Crippen molar-refractivity contribution in [3.8, 4) is 5.75 Å². The van der Waals surface area contributed by atoms with Crippen molar-refractivity contribution < 1.29 is 24.7 Å². The van der Waals surface area contributed by atoms with Gasteiger partial charge in [-0.15, -0.1) is 0 Å². The molecule has 168 valence electrons. The van der Waals surface area contributed by atoms with Crippen LogP contribution < -0.4 is 10.1 Å². The van der Waals surface area contributed by atoms with Crippen LogP contribution in [0, 0.1) is 10.1 Å². The number of aromatic nitrogens is 2. The minimum Gasteiger partial charge on any atom is -0.470 e. The molecule has 1 aromatic heterocycles. The predicted molar refractivity (Wildman–Crippen MR) is 116 cm³/mol. The van der Waals surface area contributed by atoms with Gasteiger partial charge in [-0.1, -0.05) is 23.2 Å². The number of halogens is 2. The number of amides is 1. The Morgan fingerprint density at radius 2 is 1.94 bits per heavy atom. The average molecular weight is 481 g/mol. The number of nitrogens with zero attached hydrogens (tertiary/aromatic N) is 3. The number of nitro benzene ring substituents is 1. The van der Waals surface area contributed by atoms with Crippen LogP contribution in [0.15, 0.2) is 54.7 Å². The quantitative estimate of drug-likeness (QED) is 0.315. The number of hydrogen-bond acceptors (Lipinski definition) is 7. The van der Waals surface area contributed by atoms with Gasteiger partial charge in [0.2, 0.25) is 0 Å². The van der Waals surface area contributed by atoms with Gasteiger partial charge in [-0.3, -0.25) is 14.9 Å². The number of rotatable bonds is 9. The molecule has 0 aliphatic carbocycles. The first kappa shape index (κ1) is 23.5. The largest absolute Gasteiger partial charge is 0.470 e. The zero-order valence-corrected chi connectivity index (χ0v) is 17.9. The Kier molecular flexibility index (Phi) is 7.65. The van der Waals surface area contributed by atoms with E-state index in [9.17, 15) is 25.1 Å². The molecule has 0 aliphatic rings. The number of carbonyl (C=O) groups excluding carboxylic acids is 1. The van der Waals surface area contributed by atoms with Gasteiger partial charge in [-0.2, -0.15) is 5.10 Å². The molecule has 3 aromatic rings. The summed E-state index contributed by atoms with van der Waals surface area (Å²) in [6, 6.07) is 10.3. The summed E-state index contributed by atoms with van der Waals surface area (Å²) in [6.07, 6.45) is 0.224. The van der Waals surface area contributed by atoms with Crippen molar-refractivity contribution in [3.63, 3.8) is 0 Å². The monoisotopic (exact) mass is 480 g/mol. The van der Waals surface area contributed by atoms with E-state index in [1.54, 1.807) is 12.1 Å². The van der Waals surface area contributed by atoms with Crippen molar-refractivity contribution in [1.82, 2.24) is 15.1 Å². The minimum absolute atomic E-state index is 0.0243. The van der Waals surface area contributed by atoms with E-state index in [1.807, 2.05) is 0 Å². The molecule has 3 N–H and O–H groups in total. The number of benzene rings is 2. The summed E-state index contributed by atoms with van der Waals surface area (Å²) in [5.41, 5.74) is 0.192. The summed E-state index contributed by atoms with van der Waals surface area (Å²) in [4.78, 5) is 22.7. The van der Waals surface area contributed by atoms with Gasteiger partial charge in [0.05, 0.1) is 22.6 Å². The molecule has 1 amide bonds. The molecular formula is C20H18Cl2N4O6. The van der Waals surface area contributed by atoms with E-state index in [4.69, 9.17) is 27.9 Å². The molecule has 2 atom stereocenters. The molecule has 1 heterocycles. The molecule has 0 fully saturated rings. The zero-order chi connectivity index (χ0) is 23.3. The highest BCUT2D eigenvalue weighted by Crippen LogP contribution is 2.27. The summed E-state index contributed by atoms with van der Waals surface area (Å²) >= 11 is 11.9. The predicted octanol–water partition coefficient (Wildman–Crippen LogP) is 2.96. The van der Waals surface area contributed by atoms with Crippen LogP contribution in [0.5, 0.6) is 5.75 Å². The van der Waals surface area contributed by atoms with Crippen molar-refractivity contribution in [2.75, 3.05) is 6.61 Å². The molecule has 0 bridgehead atoms. The molecule has 3 rings (SSSR count). The van der Waals surface area contributed by atoms with Crippen LogP contribution in [0.2, 0.25) is 10.0 Å². The van der Waals surface area contributed by atoms with E-state index in [1.165, 1.54) is 47.3 Å². The lowest BCUT2D eigenvalue weighted by Gasteiger charge is -2.22. The summed E-state index contributed by atoms with van der Waals surface area (Å²) in [5.74, 6) is -0.239. The molecule has 12 heteroatoms. The zero-order valence-electron chi connectivity index (χ0n) is 16.4. The van der Waals surface area contributed by atoms with Crippen LogP contribution in [0.3, 0.4) is 0 Å². The van der Waals surface area contributed by atoms with Gasteiger partial charge in [0.1, 0.15) is 17.5 Å². The second kappa shape index (κ2) is 10.4. The van der Waals surface area contributed by atoms with E-state index in [0.29, 0.717) is 21.4 Å². The Hall–Kier alpha value is -3.18. The van der Waals surface area contributed by atoms with E-state index in [0.717, 1.165) is 0 Å². The maximum absolute atomic E-state index is 12.5. The Balaban J connectivity index is 1.61. The van der Waals surface area contributed by atoms with Crippen LogP contribution in [0.1, 0.15) is 22.2 Å². The fraction of sp³-hybridized carbons (Fsp3) is 0.200. The van der Waals surface area contributed by atoms with Gasteiger partial charge in [-0.25, -0.2) is 4.68 Å². The molecular weight excluding hydrogens is 463 g/mol. The second-order valence-electron chi connectivity index (χ2n) is 6.64. The summed E-state index contributed by atoms with van der Waals surface area (Å²) in [5, 5.41) is 38.2. The highest BCUT2D eigenvalue weighted by Gasteiger charge is 2.24. The molecule has 10 nitrogen and oxygen atoms in total. The van der Waals surface area contributed by atoms with Crippen molar-refractivity contribution in [3.05, 3.63) is 86.1 Å². The normalized spacial score (nSPS) is 12.8. The summed E-state index contributed by atoms with van der Waals surface area (Å²) in [6.45, 7) is -0.591. The maximum Gasteiger partial charge on any atom is 0.272 e. The van der Waals surface area contributed by atoms with Gasteiger partial charge in [-0.05, 0) is 42.0 Å². The molecule has 0 saturated heterocycles. The Morgan fingerprint density at radius 1 is 1.22 bits per heavy atom. The Morgan fingerprint density at radius 3 is 2.56 bits per heavy atom. The third-order valence-electron chi connectivity index (χ3n) is 4.46. The lowest BCUT2D eigenvalue weighted by Crippen LogP contribution is -2.42. The maximum atomic E-state index is 12.5. The van der Waals surface area contributed by atoms with Gasteiger partial charge in [0, 0.05) is 23.4 Å². The highest BCUT2D eigenvalue weighted by atomic mass is 35.5. The molecule has 0 radical (unpaired) electrons. The lowest BCUT2D eigenvalue weighted by atomic mass is 10.0. The molecule has 32 heavy (non-hydrogen) atoms. The summed E-state index contributed by atoms with van der Waals surface area (Å²) in [7, 11) is 0. The van der Waals surface area contributed by atoms with Crippen LogP contribution in [-0.2, 0) is 6.73 Å². The minimum atomic E-state index is -1.29. The van der Waals surface area contributed by atoms with E-state index >= 15 is 0 Å². The fourth-order valence-corrected chi connectivity index (χ4v) is 3.24. The standard InChI is InChI=1S/C20H18Cl2N4O6/c21-13-3-6-18(15(22)9-13)32-11-25-8-7-16(24-25)20(29)23-17(10-27)19(28)12-1-4-14(5-2-12)26(30)31/h1-9,17,19,27-28H,10-11H2,(H,23,29). The highest BCUT2D eigenvalue weighted by molar-refractivity contribution is 6.35. The summed E-state index contributed by atoms with van der Waals surface area (Å²) < 4.78 is 6.91. The van der Waals surface area contributed by atoms with Crippen LogP contribution in [0.25, 0.3) is 0 Å². The molecule has 0 aliphatic heterocycles. The number of ether oxygens (including phenoxy) is 1. The van der Waals surface area contributed by atoms with E-state index < -0.39 is 29.6 Å². The Labute approximate surface area is 192 Å². The van der Waals surface area contributed by atoms with Crippen LogP contribution >= 0.6 is 23.2 Å². The van der Waals surface area contributed by atoms with Crippen molar-refractivity contribution >= 4 is 34.8 Å². The SMILES string of the molecule is O=C(NC(CO)C(O)c1ccc([N+](=O)[O-])cc1)c1ccn(COc2ccc(Cl)cc2Cl)n1. The van der Waals surface area contributed by atoms with Gasteiger partial charge >= 0.3 is 0 Å². The first-order valence-electron chi connectivity index (χ1n) is 9.24. The smallest absolute Gasteiger partial charge is 0.272 e. The van der Waals surface area contributed by atoms with Crippen LogP contribution in [-0.4, -0.2) is 43.5 Å². The van der Waals surface area contributed by atoms with Gasteiger partial charge < -0.3 is 20.3 Å². The first-order chi connectivity index (χ1) is 15.3. The molecule has 2 aromatic carbocycles. The van der Waals surface area contributed by atoms with Crippen molar-refractivity contribution in [2.45, 2.75) is 18.9 Å². The van der Waals surface area contributed by atoms with Crippen molar-refractivity contribution in [1.29, 1.82) is 0 Å². The number of nitrogens with one attached hydrogen (secondary N) is 1. The van der Waals surface area contributed by atoms with Gasteiger partial charge in [0.25, 0.3) is 11.6 Å². The number of nitro groups is 1. The fourth-order valence-electron chi connectivity index (χ4n) is 2.77. The number of aliphatic hydroxyl groups excluding tert-OH is 2. The Bertz CT molecular complexity index is 1110. The van der Waals surface area contributed by atoms with Crippen LogP contribution in [0.4, 0.5) is 5.69 Å². The van der Waals surface area contributed by atoms with Gasteiger partial charge in [0.15, 0.2) is 6.73 Å². The third-order valence-corrected chi connectivity index (χ3v) is 4.99. The van der Waals surface area contributed by atoms with E-state index in [2.05, 4.69) is 10.4 Å². The molecule has 0 spiro atoms. The average Bonchev–Trinajstić information content (AvgIpc) is 3.25. The first-order valence-corrected chi connectivity index (χ1v) is 9.99. The number of carbonyl (C=O) groups is 1. The number of aliphatic hydroxyl groups is 2. The van der Waals surface area contributed by atoms with Crippen molar-refractivity contribution in [2.24, 2.45) is 0 Å². The second-order valence-corrected chi connectivity index (χ2v) is 7.49. The number of hydrogen-bond donors (Lipinski definition) is 3. The molecule has 2 unspecified atom stereocenters. The third kappa shape index (κ3) is 5.74.